The molecule has 0 unspecified atom stereocenters. The summed E-state index contributed by atoms with van der Waals surface area (Å²) in [4.78, 5) is 11.1. The first-order chi connectivity index (χ1) is 27.1. The molecule has 0 bridgehead atoms. The highest BCUT2D eigenvalue weighted by Gasteiger charge is 2.37. The van der Waals surface area contributed by atoms with E-state index in [1.807, 2.05) is 0 Å². The SMILES string of the molecule is CC1(C)c2ccccc2-c2c(-c3nc4ccccc4nc3-n3c4ccccc4c4cc5cccc(-n6c7ccccc7c7ccccc76)c5cc43)cccc21. The number of hydrogen-bond donors (Lipinski definition) is 0. The van der Waals surface area contributed by atoms with Crippen LogP contribution in [0.2, 0.25) is 0 Å². The highest BCUT2D eigenvalue weighted by atomic mass is 15.1. The van der Waals surface area contributed by atoms with E-state index in [0.717, 1.165) is 44.8 Å². The second-order valence-electron chi connectivity index (χ2n) is 15.4. The summed E-state index contributed by atoms with van der Waals surface area (Å²) in [5.74, 6) is 0.828. The third-order valence-electron chi connectivity index (χ3n) is 12.1. The van der Waals surface area contributed by atoms with Crippen LogP contribution < -0.4 is 0 Å². The van der Waals surface area contributed by atoms with Crippen LogP contribution in [0, 0.1) is 0 Å². The maximum Gasteiger partial charge on any atom is 0.165 e. The van der Waals surface area contributed by atoms with Crippen LogP contribution in [0.5, 0.6) is 0 Å². The first-order valence-electron chi connectivity index (χ1n) is 19.0. The molecule has 12 rings (SSSR count). The highest BCUT2D eigenvalue weighted by Crippen LogP contribution is 2.52. The molecule has 3 heterocycles. The quantitative estimate of drug-likeness (QED) is 0.184. The average molecular weight is 703 g/mol. The van der Waals surface area contributed by atoms with E-state index < -0.39 is 0 Å². The molecular formula is C51H34N4. The van der Waals surface area contributed by atoms with Crippen LogP contribution in [0.15, 0.2) is 170 Å². The number of fused-ring (bicyclic) bond motifs is 11. The van der Waals surface area contributed by atoms with Crippen molar-refractivity contribution < 1.29 is 0 Å². The second kappa shape index (κ2) is 11.0. The summed E-state index contributed by atoms with van der Waals surface area (Å²) in [6.07, 6.45) is 0. The van der Waals surface area contributed by atoms with E-state index in [1.165, 1.54) is 65.6 Å². The second-order valence-corrected chi connectivity index (χ2v) is 15.4. The number of nitrogens with zero attached hydrogens (tertiary/aromatic N) is 4. The predicted molar refractivity (Wildman–Crippen MR) is 229 cm³/mol. The number of aromatic nitrogens is 4. The molecule has 0 fully saturated rings. The van der Waals surface area contributed by atoms with Crippen molar-refractivity contribution in [3.05, 3.63) is 181 Å². The molecule has 0 saturated heterocycles. The first-order valence-corrected chi connectivity index (χ1v) is 19.0. The standard InChI is InChI=1S/C51H34N4/c1-51(2)39-21-7-3-19-35(39)48-36(20-14-22-40(48)51)49-50(53-42-24-9-8-23-41(42)52-49)55-45-27-12-6-18-34(45)38-29-31-15-13-28-46(37(31)30-47(38)55)54-43-25-10-4-16-32(43)33-17-5-11-26-44(33)54/h3-30H,1-2H3. The van der Waals surface area contributed by atoms with Crippen molar-refractivity contribution in [1.82, 2.24) is 19.1 Å². The van der Waals surface area contributed by atoms with Crippen LogP contribution in [0.1, 0.15) is 25.0 Å². The van der Waals surface area contributed by atoms with Gasteiger partial charge in [-0.25, -0.2) is 9.97 Å². The zero-order chi connectivity index (χ0) is 36.4. The van der Waals surface area contributed by atoms with Crippen LogP contribution >= 0.6 is 0 Å². The summed E-state index contributed by atoms with van der Waals surface area (Å²) in [5.41, 5.74) is 14.5. The molecule has 0 atom stereocenters. The lowest BCUT2D eigenvalue weighted by Crippen LogP contribution is -2.14. The van der Waals surface area contributed by atoms with Crippen LogP contribution in [-0.2, 0) is 5.41 Å². The Morgan fingerprint density at radius 2 is 0.982 bits per heavy atom. The molecule has 258 valence electrons. The molecule has 55 heavy (non-hydrogen) atoms. The fourth-order valence-corrected chi connectivity index (χ4v) is 9.61. The number of rotatable bonds is 3. The van der Waals surface area contributed by atoms with Gasteiger partial charge in [0.25, 0.3) is 0 Å². The molecule has 3 aromatic heterocycles. The molecule has 4 heteroatoms. The van der Waals surface area contributed by atoms with Crippen molar-refractivity contribution in [3.8, 4) is 33.9 Å². The fourth-order valence-electron chi connectivity index (χ4n) is 9.61. The van der Waals surface area contributed by atoms with Crippen LogP contribution in [0.4, 0.5) is 0 Å². The molecule has 11 aromatic rings. The summed E-state index contributed by atoms with van der Waals surface area (Å²) in [6.45, 7) is 4.67. The minimum atomic E-state index is -0.138. The van der Waals surface area contributed by atoms with E-state index in [0.29, 0.717) is 0 Å². The monoisotopic (exact) mass is 702 g/mol. The van der Waals surface area contributed by atoms with E-state index in [9.17, 15) is 0 Å². The molecule has 4 nitrogen and oxygen atoms in total. The predicted octanol–water partition coefficient (Wildman–Crippen LogP) is 13.0. The number of benzene rings is 8. The summed E-state index contributed by atoms with van der Waals surface area (Å²) in [7, 11) is 0. The van der Waals surface area contributed by atoms with Gasteiger partial charge in [0.2, 0.25) is 0 Å². The van der Waals surface area contributed by atoms with Crippen molar-refractivity contribution >= 4 is 65.4 Å². The Bertz CT molecular complexity index is 3360. The van der Waals surface area contributed by atoms with E-state index in [-0.39, 0.29) is 5.41 Å². The third-order valence-corrected chi connectivity index (χ3v) is 12.1. The zero-order valence-corrected chi connectivity index (χ0v) is 30.5. The Balaban J connectivity index is 1.21. The minimum Gasteiger partial charge on any atom is -0.309 e. The number of hydrogen-bond acceptors (Lipinski definition) is 2. The maximum absolute atomic E-state index is 5.54. The molecular weight excluding hydrogens is 669 g/mol. The van der Waals surface area contributed by atoms with Crippen molar-refractivity contribution in [2.75, 3.05) is 0 Å². The molecule has 0 aliphatic heterocycles. The molecule has 0 radical (unpaired) electrons. The molecule has 0 amide bonds. The van der Waals surface area contributed by atoms with Gasteiger partial charge in [0.1, 0.15) is 5.69 Å². The molecule has 1 aliphatic carbocycles. The van der Waals surface area contributed by atoms with Gasteiger partial charge in [-0.05, 0) is 76.2 Å². The lowest BCUT2D eigenvalue weighted by molar-refractivity contribution is 0.660. The van der Waals surface area contributed by atoms with Crippen molar-refractivity contribution in [2.45, 2.75) is 19.3 Å². The van der Waals surface area contributed by atoms with Gasteiger partial charge in [0, 0.05) is 37.9 Å². The summed E-state index contributed by atoms with van der Waals surface area (Å²) < 4.78 is 4.80. The maximum atomic E-state index is 5.54. The lowest BCUT2D eigenvalue weighted by Gasteiger charge is -2.22. The van der Waals surface area contributed by atoms with E-state index in [4.69, 9.17) is 9.97 Å². The van der Waals surface area contributed by atoms with Gasteiger partial charge in [-0.15, -0.1) is 0 Å². The van der Waals surface area contributed by atoms with Gasteiger partial charge >= 0.3 is 0 Å². The molecule has 0 spiro atoms. The van der Waals surface area contributed by atoms with E-state index >= 15 is 0 Å². The Hall–Kier alpha value is -7.04. The van der Waals surface area contributed by atoms with Gasteiger partial charge in [-0.1, -0.05) is 135 Å². The Morgan fingerprint density at radius 1 is 0.418 bits per heavy atom. The van der Waals surface area contributed by atoms with Gasteiger partial charge < -0.3 is 4.57 Å². The lowest BCUT2D eigenvalue weighted by atomic mass is 9.82. The van der Waals surface area contributed by atoms with E-state index in [1.54, 1.807) is 0 Å². The molecule has 0 saturated carbocycles. The summed E-state index contributed by atoms with van der Waals surface area (Å²) in [6, 6.07) is 61.5. The van der Waals surface area contributed by atoms with Crippen LogP contribution in [-0.4, -0.2) is 19.1 Å². The van der Waals surface area contributed by atoms with E-state index in [2.05, 4.69) is 193 Å². The van der Waals surface area contributed by atoms with Crippen LogP contribution in [0.25, 0.3) is 99.3 Å². The normalized spacial score (nSPS) is 13.4. The topological polar surface area (TPSA) is 35.6 Å². The largest absolute Gasteiger partial charge is 0.309 e. The zero-order valence-electron chi connectivity index (χ0n) is 30.5. The molecule has 1 aliphatic rings. The average Bonchev–Trinajstić information content (AvgIpc) is 3.82. The van der Waals surface area contributed by atoms with Crippen molar-refractivity contribution in [2.24, 2.45) is 0 Å². The van der Waals surface area contributed by atoms with Crippen LogP contribution in [0.3, 0.4) is 0 Å². The Labute approximate surface area is 317 Å². The third kappa shape index (κ3) is 4.11. The smallest absolute Gasteiger partial charge is 0.165 e. The fraction of sp³-hybridized carbons (Fsp3) is 0.0588. The molecule has 0 N–H and O–H groups in total. The Kier molecular flexibility index (Phi) is 6.09. The highest BCUT2D eigenvalue weighted by molar-refractivity contribution is 6.16. The molecule has 8 aromatic carbocycles. The Morgan fingerprint density at radius 3 is 1.73 bits per heavy atom. The van der Waals surface area contributed by atoms with Crippen molar-refractivity contribution in [1.29, 1.82) is 0 Å². The first kappa shape index (κ1) is 30.4. The van der Waals surface area contributed by atoms with Gasteiger partial charge in [-0.2, -0.15) is 0 Å². The van der Waals surface area contributed by atoms with Crippen molar-refractivity contribution in [3.63, 3.8) is 0 Å². The van der Waals surface area contributed by atoms with Gasteiger partial charge in [0.15, 0.2) is 5.82 Å². The van der Waals surface area contributed by atoms with Gasteiger partial charge in [0.05, 0.1) is 38.8 Å². The number of para-hydroxylation sites is 5. The summed E-state index contributed by atoms with van der Waals surface area (Å²) >= 11 is 0. The summed E-state index contributed by atoms with van der Waals surface area (Å²) in [5, 5.41) is 7.25. The van der Waals surface area contributed by atoms with Gasteiger partial charge in [-0.3, -0.25) is 4.57 Å². The minimum absolute atomic E-state index is 0.138.